The zero-order chi connectivity index (χ0) is 14.1. The Kier molecular flexibility index (Phi) is 4.44. The van der Waals surface area contributed by atoms with Gasteiger partial charge in [0.1, 0.15) is 0 Å². The summed E-state index contributed by atoms with van der Waals surface area (Å²) in [6.45, 7) is 14.0. The second-order valence-electron chi connectivity index (χ2n) is 6.70. The van der Waals surface area contributed by atoms with Crippen LogP contribution in [0.3, 0.4) is 0 Å². The molecule has 1 aliphatic heterocycles. The van der Waals surface area contributed by atoms with Crippen molar-refractivity contribution in [2.24, 2.45) is 11.7 Å². The molecule has 4 nitrogen and oxygen atoms in total. The van der Waals surface area contributed by atoms with Crippen LogP contribution in [0.5, 0.6) is 0 Å². The number of rotatable bonds is 5. The van der Waals surface area contributed by atoms with Crippen LogP contribution >= 0.6 is 0 Å². The lowest BCUT2D eigenvalue weighted by molar-refractivity contribution is -0.131. The van der Waals surface area contributed by atoms with Gasteiger partial charge < -0.3 is 11.1 Å². The lowest BCUT2D eigenvalue weighted by atomic mass is 9.79. The summed E-state index contributed by atoms with van der Waals surface area (Å²) in [5.41, 5.74) is 6.01. The molecule has 0 bridgehead atoms. The zero-order valence-electron chi connectivity index (χ0n) is 12.7. The van der Waals surface area contributed by atoms with Gasteiger partial charge in [-0.1, -0.05) is 20.8 Å². The van der Waals surface area contributed by atoms with Crippen LogP contribution in [0.15, 0.2) is 0 Å². The predicted molar refractivity (Wildman–Crippen MR) is 75.3 cm³/mol. The van der Waals surface area contributed by atoms with E-state index in [1.54, 1.807) is 0 Å². The fourth-order valence-electron chi connectivity index (χ4n) is 2.04. The zero-order valence-corrected chi connectivity index (χ0v) is 12.7. The molecular formula is C14H29N3O. The van der Waals surface area contributed by atoms with Crippen molar-refractivity contribution >= 4 is 5.91 Å². The number of likely N-dealkylation sites (tertiary alicyclic amines) is 1. The van der Waals surface area contributed by atoms with Crippen LogP contribution in [0.25, 0.3) is 0 Å². The van der Waals surface area contributed by atoms with Crippen LogP contribution < -0.4 is 11.1 Å². The minimum absolute atomic E-state index is 0.0914. The summed E-state index contributed by atoms with van der Waals surface area (Å²) >= 11 is 0. The Morgan fingerprint density at radius 2 is 1.89 bits per heavy atom. The molecule has 1 heterocycles. The van der Waals surface area contributed by atoms with Gasteiger partial charge in [-0.3, -0.25) is 9.69 Å². The Balaban J connectivity index is 2.48. The highest BCUT2D eigenvalue weighted by atomic mass is 16.2. The second kappa shape index (κ2) is 5.17. The average molecular weight is 255 g/mol. The van der Waals surface area contributed by atoms with Crippen LogP contribution in [0.2, 0.25) is 0 Å². The van der Waals surface area contributed by atoms with Crippen LogP contribution in [0.4, 0.5) is 0 Å². The van der Waals surface area contributed by atoms with E-state index >= 15 is 0 Å². The molecule has 0 spiro atoms. The molecule has 3 N–H and O–H groups in total. The molecule has 0 saturated carbocycles. The first-order chi connectivity index (χ1) is 8.11. The highest BCUT2D eigenvalue weighted by Crippen LogP contribution is 2.28. The van der Waals surface area contributed by atoms with Crippen molar-refractivity contribution in [2.75, 3.05) is 13.1 Å². The molecule has 1 saturated heterocycles. The molecule has 1 aliphatic rings. The van der Waals surface area contributed by atoms with E-state index in [1.165, 1.54) is 0 Å². The molecule has 0 aromatic carbocycles. The Labute approximate surface area is 111 Å². The topological polar surface area (TPSA) is 58.4 Å². The van der Waals surface area contributed by atoms with E-state index in [-0.39, 0.29) is 23.0 Å². The number of carbonyl (C=O) groups excluding carboxylic acids is 1. The number of nitrogens with two attached hydrogens (primary N) is 1. The molecule has 106 valence electrons. The Morgan fingerprint density at radius 3 is 2.28 bits per heavy atom. The molecule has 1 amide bonds. The largest absolute Gasteiger partial charge is 0.350 e. The standard InChI is InChI=1S/C14H29N3O/c1-7-13(5,6)16-12(18)11(4)17-8-14(15,9-17)10(2)3/h10-11H,7-9,15H2,1-6H3,(H,16,18). The fourth-order valence-corrected chi connectivity index (χ4v) is 2.04. The molecule has 1 unspecified atom stereocenters. The lowest BCUT2D eigenvalue weighted by Gasteiger charge is -2.52. The first-order valence-electron chi connectivity index (χ1n) is 6.96. The number of hydrogen-bond donors (Lipinski definition) is 2. The molecule has 1 rings (SSSR count). The van der Waals surface area contributed by atoms with Crippen LogP contribution in [0.1, 0.15) is 48.0 Å². The number of amides is 1. The summed E-state index contributed by atoms with van der Waals surface area (Å²) in [5.74, 6) is 0.559. The fraction of sp³-hybridized carbons (Fsp3) is 0.929. The molecule has 18 heavy (non-hydrogen) atoms. The highest BCUT2D eigenvalue weighted by molar-refractivity contribution is 5.82. The van der Waals surface area contributed by atoms with Gasteiger partial charge in [-0.15, -0.1) is 0 Å². The van der Waals surface area contributed by atoms with Crippen LogP contribution in [0, 0.1) is 5.92 Å². The van der Waals surface area contributed by atoms with Crippen molar-refractivity contribution in [1.82, 2.24) is 10.2 Å². The van der Waals surface area contributed by atoms with Gasteiger partial charge >= 0.3 is 0 Å². The molecule has 4 heteroatoms. The van der Waals surface area contributed by atoms with Gasteiger partial charge in [0.15, 0.2) is 0 Å². The number of carbonyl (C=O) groups is 1. The van der Waals surface area contributed by atoms with Gasteiger partial charge in [-0.05, 0) is 33.1 Å². The van der Waals surface area contributed by atoms with Crippen molar-refractivity contribution < 1.29 is 4.79 Å². The number of hydrogen-bond acceptors (Lipinski definition) is 3. The van der Waals surface area contributed by atoms with Crippen LogP contribution in [-0.4, -0.2) is 41.0 Å². The molecule has 0 aromatic heterocycles. The van der Waals surface area contributed by atoms with E-state index < -0.39 is 0 Å². The third kappa shape index (κ3) is 3.23. The summed E-state index contributed by atoms with van der Waals surface area (Å²) in [6.07, 6.45) is 0.929. The Bertz CT molecular complexity index is 306. The average Bonchev–Trinajstić information content (AvgIpc) is 2.22. The quantitative estimate of drug-likeness (QED) is 0.779. The van der Waals surface area contributed by atoms with E-state index in [1.807, 2.05) is 6.92 Å². The monoisotopic (exact) mass is 255 g/mol. The van der Waals surface area contributed by atoms with Crippen molar-refractivity contribution in [3.8, 4) is 0 Å². The normalized spacial score (nSPS) is 21.6. The number of nitrogens with one attached hydrogen (secondary N) is 1. The maximum Gasteiger partial charge on any atom is 0.237 e. The molecular weight excluding hydrogens is 226 g/mol. The third-order valence-electron chi connectivity index (χ3n) is 4.42. The Hall–Kier alpha value is -0.610. The Morgan fingerprint density at radius 1 is 1.39 bits per heavy atom. The first kappa shape index (κ1) is 15.4. The lowest BCUT2D eigenvalue weighted by Crippen LogP contribution is -2.73. The highest BCUT2D eigenvalue weighted by Gasteiger charge is 2.45. The van der Waals surface area contributed by atoms with Gasteiger partial charge in [0.05, 0.1) is 6.04 Å². The van der Waals surface area contributed by atoms with E-state index in [0.717, 1.165) is 19.5 Å². The van der Waals surface area contributed by atoms with Crippen molar-refractivity contribution in [3.05, 3.63) is 0 Å². The minimum atomic E-state index is -0.131. The number of nitrogens with zero attached hydrogens (tertiary/aromatic N) is 1. The minimum Gasteiger partial charge on any atom is -0.350 e. The second-order valence-corrected chi connectivity index (χ2v) is 6.70. The molecule has 0 aromatic rings. The summed E-state index contributed by atoms with van der Waals surface area (Å²) < 4.78 is 0. The SMILES string of the molecule is CCC(C)(C)NC(=O)C(C)N1CC(N)(C(C)C)C1. The van der Waals surface area contributed by atoms with Crippen molar-refractivity contribution in [1.29, 1.82) is 0 Å². The summed E-state index contributed by atoms with van der Waals surface area (Å²) in [5, 5.41) is 3.09. The molecule has 1 atom stereocenters. The van der Waals surface area contributed by atoms with Gasteiger partial charge in [0.25, 0.3) is 0 Å². The first-order valence-corrected chi connectivity index (χ1v) is 6.96. The molecule has 0 aliphatic carbocycles. The maximum absolute atomic E-state index is 12.1. The molecule has 0 radical (unpaired) electrons. The van der Waals surface area contributed by atoms with Gasteiger partial charge in [0, 0.05) is 24.2 Å². The van der Waals surface area contributed by atoms with Crippen molar-refractivity contribution in [3.63, 3.8) is 0 Å². The van der Waals surface area contributed by atoms with E-state index in [9.17, 15) is 4.79 Å². The van der Waals surface area contributed by atoms with E-state index in [4.69, 9.17) is 5.73 Å². The summed E-state index contributed by atoms with van der Waals surface area (Å²) in [4.78, 5) is 14.3. The summed E-state index contributed by atoms with van der Waals surface area (Å²) in [6, 6.07) is -0.0914. The van der Waals surface area contributed by atoms with Crippen LogP contribution in [-0.2, 0) is 4.79 Å². The van der Waals surface area contributed by atoms with Gasteiger partial charge in [-0.2, -0.15) is 0 Å². The maximum atomic E-state index is 12.1. The predicted octanol–water partition coefficient (Wildman–Crippen LogP) is 1.35. The smallest absolute Gasteiger partial charge is 0.237 e. The third-order valence-corrected chi connectivity index (χ3v) is 4.42. The van der Waals surface area contributed by atoms with E-state index in [0.29, 0.717) is 5.92 Å². The van der Waals surface area contributed by atoms with Gasteiger partial charge in [0.2, 0.25) is 5.91 Å². The molecule has 1 fully saturated rings. The summed E-state index contributed by atoms with van der Waals surface area (Å²) in [7, 11) is 0. The van der Waals surface area contributed by atoms with Gasteiger partial charge in [-0.25, -0.2) is 0 Å². The van der Waals surface area contributed by atoms with E-state index in [2.05, 4.69) is 44.8 Å². The van der Waals surface area contributed by atoms with Crippen molar-refractivity contribution in [2.45, 2.75) is 65.1 Å².